The second kappa shape index (κ2) is 5.71. The van der Waals surface area contributed by atoms with Crippen molar-refractivity contribution in [2.75, 3.05) is 27.2 Å². The van der Waals surface area contributed by atoms with Gasteiger partial charge in [-0.15, -0.1) is 0 Å². The first-order valence-corrected chi connectivity index (χ1v) is 6.81. The molecule has 17 heavy (non-hydrogen) atoms. The van der Waals surface area contributed by atoms with E-state index in [9.17, 15) is 0 Å². The zero-order chi connectivity index (χ0) is 13.9. The lowest BCUT2D eigenvalue weighted by atomic mass is 9.61. The molecule has 0 rings (SSSR count). The molecule has 2 nitrogen and oxygen atoms in total. The van der Waals surface area contributed by atoms with Gasteiger partial charge in [0.25, 0.3) is 0 Å². The topological polar surface area (TPSA) is 15.3 Å². The summed E-state index contributed by atoms with van der Waals surface area (Å²) in [6, 6.07) is 0. The summed E-state index contributed by atoms with van der Waals surface area (Å²) in [5.41, 5.74) is 0.652. The monoisotopic (exact) mass is 242 g/mol. The SMILES string of the molecule is CN(C)CCCNC(C)(C(C)(C)C)C(C)(C)C. The number of hydrogen-bond acceptors (Lipinski definition) is 2. The van der Waals surface area contributed by atoms with E-state index in [4.69, 9.17) is 0 Å². The van der Waals surface area contributed by atoms with Gasteiger partial charge in [0.1, 0.15) is 0 Å². The summed E-state index contributed by atoms with van der Waals surface area (Å²) < 4.78 is 0. The maximum Gasteiger partial charge on any atom is 0.0249 e. The smallest absolute Gasteiger partial charge is 0.0249 e. The highest BCUT2D eigenvalue weighted by Crippen LogP contribution is 2.43. The molecule has 2 heteroatoms. The summed E-state index contributed by atoms with van der Waals surface area (Å²) in [5.74, 6) is 0. The Balaban J connectivity index is 4.54. The van der Waals surface area contributed by atoms with E-state index in [0.29, 0.717) is 0 Å². The number of nitrogens with zero attached hydrogens (tertiary/aromatic N) is 1. The largest absolute Gasteiger partial charge is 0.310 e. The average molecular weight is 242 g/mol. The van der Waals surface area contributed by atoms with Crippen LogP contribution in [0.15, 0.2) is 0 Å². The molecule has 0 saturated heterocycles. The Hall–Kier alpha value is -0.0800. The van der Waals surface area contributed by atoms with Crippen LogP contribution in [0.5, 0.6) is 0 Å². The van der Waals surface area contributed by atoms with Crippen LogP contribution in [0, 0.1) is 10.8 Å². The molecule has 0 aromatic heterocycles. The van der Waals surface area contributed by atoms with Gasteiger partial charge in [-0.25, -0.2) is 0 Å². The summed E-state index contributed by atoms with van der Waals surface area (Å²) in [5, 5.41) is 3.80. The van der Waals surface area contributed by atoms with E-state index in [1.165, 1.54) is 6.42 Å². The van der Waals surface area contributed by atoms with Crippen LogP contribution in [-0.2, 0) is 0 Å². The van der Waals surface area contributed by atoms with E-state index < -0.39 is 0 Å². The third kappa shape index (κ3) is 4.59. The van der Waals surface area contributed by atoms with Gasteiger partial charge in [-0.1, -0.05) is 41.5 Å². The van der Waals surface area contributed by atoms with Crippen molar-refractivity contribution in [3.8, 4) is 0 Å². The second-order valence-corrected chi connectivity index (χ2v) is 7.71. The Morgan fingerprint density at radius 3 is 1.53 bits per heavy atom. The Morgan fingerprint density at radius 2 is 1.24 bits per heavy atom. The van der Waals surface area contributed by atoms with Gasteiger partial charge in [0, 0.05) is 5.54 Å². The minimum atomic E-state index is 0.145. The van der Waals surface area contributed by atoms with Crippen molar-refractivity contribution in [1.29, 1.82) is 0 Å². The minimum absolute atomic E-state index is 0.145. The van der Waals surface area contributed by atoms with Crippen molar-refractivity contribution in [1.82, 2.24) is 10.2 Å². The van der Waals surface area contributed by atoms with Crippen molar-refractivity contribution < 1.29 is 0 Å². The molecule has 0 heterocycles. The fourth-order valence-corrected chi connectivity index (χ4v) is 2.39. The maximum absolute atomic E-state index is 3.80. The first-order chi connectivity index (χ1) is 7.42. The molecule has 1 N–H and O–H groups in total. The fourth-order valence-electron chi connectivity index (χ4n) is 2.39. The van der Waals surface area contributed by atoms with Crippen LogP contribution in [0.3, 0.4) is 0 Å². The van der Waals surface area contributed by atoms with E-state index >= 15 is 0 Å². The van der Waals surface area contributed by atoms with Crippen LogP contribution >= 0.6 is 0 Å². The molecule has 0 aliphatic carbocycles. The zero-order valence-corrected chi connectivity index (χ0v) is 13.6. The van der Waals surface area contributed by atoms with E-state index in [0.717, 1.165) is 13.1 Å². The lowest BCUT2D eigenvalue weighted by molar-refractivity contribution is 0.0379. The molecule has 104 valence electrons. The first kappa shape index (κ1) is 16.9. The Labute approximate surface area is 109 Å². The molecule has 0 amide bonds. The average Bonchev–Trinajstić information content (AvgIpc) is 2.07. The summed E-state index contributed by atoms with van der Waals surface area (Å²) in [6.45, 7) is 18.6. The van der Waals surface area contributed by atoms with Crippen LogP contribution in [-0.4, -0.2) is 37.6 Å². The van der Waals surface area contributed by atoms with E-state index in [1.807, 2.05) is 0 Å². The predicted molar refractivity (Wildman–Crippen MR) is 78.5 cm³/mol. The zero-order valence-electron chi connectivity index (χ0n) is 13.6. The van der Waals surface area contributed by atoms with Crippen LogP contribution in [0.2, 0.25) is 0 Å². The van der Waals surface area contributed by atoms with E-state index in [-0.39, 0.29) is 16.4 Å². The van der Waals surface area contributed by atoms with Gasteiger partial charge in [0.15, 0.2) is 0 Å². The van der Waals surface area contributed by atoms with Gasteiger partial charge in [-0.05, 0) is 51.4 Å². The number of rotatable bonds is 5. The van der Waals surface area contributed by atoms with E-state index in [2.05, 4.69) is 72.8 Å². The molecule has 0 saturated carbocycles. The lowest BCUT2D eigenvalue weighted by Gasteiger charge is -2.52. The molecule has 0 atom stereocenters. The lowest BCUT2D eigenvalue weighted by Crippen LogP contribution is -2.61. The normalized spacial score (nSPS) is 14.5. The maximum atomic E-state index is 3.80. The first-order valence-electron chi connectivity index (χ1n) is 6.81. The Morgan fingerprint density at radius 1 is 0.824 bits per heavy atom. The standard InChI is InChI=1S/C15H34N2/c1-13(2,3)15(7,14(4,5)6)16-11-10-12-17(8)9/h16H,10-12H2,1-9H3. The van der Waals surface area contributed by atoms with Gasteiger partial charge in [0.05, 0.1) is 0 Å². The summed E-state index contributed by atoms with van der Waals surface area (Å²) >= 11 is 0. The van der Waals surface area contributed by atoms with Crippen molar-refractivity contribution in [2.24, 2.45) is 10.8 Å². The van der Waals surface area contributed by atoms with Crippen LogP contribution in [0.4, 0.5) is 0 Å². The van der Waals surface area contributed by atoms with Gasteiger partial charge >= 0.3 is 0 Å². The molecular weight excluding hydrogens is 208 g/mol. The van der Waals surface area contributed by atoms with Crippen molar-refractivity contribution in [3.63, 3.8) is 0 Å². The molecule has 0 aromatic carbocycles. The highest BCUT2D eigenvalue weighted by atomic mass is 15.1. The van der Waals surface area contributed by atoms with Crippen LogP contribution in [0.25, 0.3) is 0 Å². The molecule has 0 radical (unpaired) electrons. The predicted octanol–water partition coefficient (Wildman–Crippen LogP) is 3.38. The third-order valence-corrected chi connectivity index (χ3v) is 4.26. The molecule has 0 aliphatic rings. The number of hydrogen-bond donors (Lipinski definition) is 1. The fraction of sp³-hybridized carbons (Fsp3) is 1.00. The van der Waals surface area contributed by atoms with Gasteiger partial charge in [0.2, 0.25) is 0 Å². The highest BCUT2D eigenvalue weighted by molar-refractivity contribution is 5.02. The van der Waals surface area contributed by atoms with Gasteiger partial charge in [-0.3, -0.25) is 0 Å². The quantitative estimate of drug-likeness (QED) is 0.744. The Kier molecular flexibility index (Phi) is 5.68. The molecule has 0 aromatic rings. The van der Waals surface area contributed by atoms with Crippen molar-refractivity contribution in [2.45, 2.75) is 60.4 Å². The number of nitrogens with one attached hydrogen (secondary N) is 1. The van der Waals surface area contributed by atoms with Crippen molar-refractivity contribution >= 4 is 0 Å². The molecule has 0 fully saturated rings. The summed E-state index contributed by atoms with van der Waals surface area (Å²) in [4.78, 5) is 2.24. The Bertz CT molecular complexity index is 204. The van der Waals surface area contributed by atoms with E-state index in [1.54, 1.807) is 0 Å². The molecule has 0 unspecified atom stereocenters. The molecule has 0 aliphatic heterocycles. The van der Waals surface area contributed by atoms with Crippen LogP contribution in [0.1, 0.15) is 54.9 Å². The minimum Gasteiger partial charge on any atom is -0.310 e. The van der Waals surface area contributed by atoms with Crippen LogP contribution < -0.4 is 5.32 Å². The second-order valence-electron chi connectivity index (χ2n) is 7.71. The summed E-state index contributed by atoms with van der Waals surface area (Å²) in [7, 11) is 4.26. The molecular formula is C15H34N2. The summed E-state index contributed by atoms with van der Waals surface area (Å²) in [6.07, 6.45) is 1.20. The molecule has 0 bridgehead atoms. The van der Waals surface area contributed by atoms with Gasteiger partial charge in [-0.2, -0.15) is 0 Å². The third-order valence-electron chi connectivity index (χ3n) is 4.26. The highest BCUT2D eigenvalue weighted by Gasteiger charge is 2.45. The van der Waals surface area contributed by atoms with Gasteiger partial charge < -0.3 is 10.2 Å². The van der Waals surface area contributed by atoms with Crippen molar-refractivity contribution in [3.05, 3.63) is 0 Å². The molecule has 0 spiro atoms.